The lowest BCUT2D eigenvalue weighted by atomic mass is 10.1. The molecule has 0 aliphatic rings. The van der Waals surface area contributed by atoms with E-state index in [9.17, 15) is 4.79 Å². The van der Waals surface area contributed by atoms with Crippen LogP contribution in [0.3, 0.4) is 0 Å². The van der Waals surface area contributed by atoms with Crippen LogP contribution in [0.25, 0.3) is 22.2 Å². The molecular weight excluding hydrogens is 385 g/mol. The Bertz CT molecular complexity index is 1120. The van der Waals surface area contributed by atoms with Gasteiger partial charge in [-0.3, -0.25) is 10.1 Å². The van der Waals surface area contributed by atoms with Gasteiger partial charge in [-0.2, -0.15) is 0 Å². The summed E-state index contributed by atoms with van der Waals surface area (Å²) in [5, 5.41) is 13.5. The van der Waals surface area contributed by atoms with Crippen LogP contribution < -0.4 is 5.32 Å². The second-order valence-electron chi connectivity index (χ2n) is 5.98. The van der Waals surface area contributed by atoms with Gasteiger partial charge in [-0.25, -0.2) is 0 Å². The van der Waals surface area contributed by atoms with Gasteiger partial charge < -0.3 is 4.42 Å². The van der Waals surface area contributed by atoms with E-state index in [0.29, 0.717) is 15.6 Å². The molecule has 0 saturated carbocycles. The number of anilines is 1. The third kappa shape index (κ3) is 4.10. The normalized spacial score (nSPS) is 10.9. The molecular formula is C20H13Cl2N3O2. The van der Waals surface area contributed by atoms with Crippen molar-refractivity contribution in [3.05, 3.63) is 76.3 Å². The molecule has 7 heteroatoms. The van der Waals surface area contributed by atoms with Crippen molar-refractivity contribution in [1.29, 1.82) is 0 Å². The van der Waals surface area contributed by atoms with Crippen LogP contribution in [0.1, 0.15) is 5.56 Å². The minimum Gasteiger partial charge on any atom is -0.403 e. The largest absolute Gasteiger partial charge is 0.403 e. The Morgan fingerprint density at radius 3 is 2.44 bits per heavy atom. The fourth-order valence-corrected chi connectivity index (χ4v) is 3.29. The summed E-state index contributed by atoms with van der Waals surface area (Å²) < 4.78 is 5.49. The molecule has 0 saturated heterocycles. The first-order valence-electron chi connectivity index (χ1n) is 8.14. The fraction of sp³-hybridized carbons (Fsp3) is 0.0500. The van der Waals surface area contributed by atoms with Crippen molar-refractivity contribution in [3.63, 3.8) is 0 Å². The molecule has 4 aromatic rings. The maximum Gasteiger partial charge on any atom is 0.322 e. The summed E-state index contributed by atoms with van der Waals surface area (Å²) in [5.41, 5.74) is 1.47. The van der Waals surface area contributed by atoms with Crippen LogP contribution in [0.2, 0.25) is 10.0 Å². The van der Waals surface area contributed by atoms with Gasteiger partial charge >= 0.3 is 6.01 Å². The van der Waals surface area contributed by atoms with E-state index in [1.165, 1.54) is 0 Å². The number of halogens is 2. The Morgan fingerprint density at radius 2 is 1.67 bits per heavy atom. The average molecular weight is 398 g/mol. The molecule has 0 unspecified atom stereocenters. The zero-order valence-corrected chi connectivity index (χ0v) is 15.5. The lowest BCUT2D eigenvalue weighted by Gasteiger charge is -2.03. The molecule has 0 radical (unpaired) electrons. The van der Waals surface area contributed by atoms with E-state index in [1.54, 1.807) is 18.2 Å². The molecule has 4 rings (SSSR count). The minimum atomic E-state index is -0.246. The van der Waals surface area contributed by atoms with Crippen molar-refractivity contribution in [2.45, 2.75) is 6.42 Å². The van der Waals surface area contributed by atoms with E-state index < -0.39 is 0 Å². The van der Waals surface area contributed by atoms with Gasteiger partial charge in [-0.15, -0.1) is 5.10 Å². The second kappa shape index (κ2) is 7.39. The van der Waals surface area contributed by atoms with E-state index in [-0.39, 0.29) is 24.2 Å². The summed E-state index contributed by atoms with van der Waals surface area (Å²) in [4.78, 5) is 12.3. The number of nitrogens with one attached hydrogen (secondary N) is 1. The number of carbonyl (C=O) groups excluding carboxylic acids is 1. The molecule has 0 bridgehead atoms. The number of hydrogen-bond acceptors (Lipinski definition) is 4. The zero-order chi connectivity index (χ0) is 18.8. The van der Waals surface area contributed by atoms with Crippen LogP contribution in [-0.4, -0.2) is 16.1 Å². The summed E-state index contributed by atoms with van der Waals surface area (Å²) in [6, 6.07) is 18.8. The highest BCUT2D eigenvalue weighted by Crippen LogP contribution is 2.27. The topological polar surface area (TPSA) is 68.0 Å². The zero-order valence-electron chi connectivity index (χ0n) is 13.9. The first kappa shape index (κ1) is 17.5. The molecule has 5 nitrogen and oxygen atoms in total. The van der Waals surface area contributed by atoms with Gasteiger partial charge in [0, 0.05) is 15.6 Å². The molecule has 0 fully saturated rings. The van der Waals surface area contributed by atoms with E-state index in [1.807, 2.05) is 42.5 Å². The molecule has 0 spiro atoms. The second-order valence-corrected chi connectivity index (χ2v) is 6.85. The van der Waals surface area contributed by atoms with Crippen molar-refractivity contribution in [1.82, 2.24) is 10.2 Å². The number of fused-ring (bicyclic) bond motifs is 1. The van der Waals surface area contributed by atoms with Gasteiger partial charge in [0.05, 0.1) is 6.42 Å². The summed E-state index contributed by atoms with van der Waals surface area (Å²) in [6.07, 6.45) is 0.200. The van der Waals surface area contributed by atoms with Crippen LogP contribution in [-0.2, 0) is 11.2 Å². The van der Waals surface area contributed by atoms with Gasteiger partial charge in [-0.05, 0) is 34.5 Å². The number of carbonyl (C=O) groups is 1. The van der Waals surface area contributed by atoms with Gasteiger partial charge in [0.2, 0.25) is 11.8 Å². The Morgan fingerprint density at radius 1 is 0.926 bits per heavy atom. The van der Waals surface area contributed by atoms with Crippen LogP contribution in [0, 0.1) is 0 Å². The van der Waals surface area contributed by atoms with E-state index in [4.69, 9.17) is 27.6 Å². The van der Waals surface area contributed by atoms with Crippen LogP contribution in [0.15, 0.2) is 65.1 Å². The van der Waals surface area contributed by atoms with Gasteiger partial charge in [0.25, 0.3) is 0 Å². The third-order valence-corrected chi connectivity index (χ3v) is 4.40. The number of benzene rings is 3. The highest BCUT2D eigenvalue weighted by atomic mass is 35.5. The highest BCUT2D eigenvalue weighted by molar-refractivity contribution is 6.35. The highest BCUT2D eigenvalue weighted by Gasteiger charge is 2.13. The predicted molar refractivity (Wildman–Crippen MR) is 106 cm³/mol. The molecule has 1 aromatic heterocycles. The molecule has 134 valence electrons. The van der Waals surface area contributed by atoms with Crippen molar-refractivity contribution >= 4 is 45.9 Å². The van der Waals surface area contributed by atoms with Gasteiger partial charge in [-0.1, -0.05) is 70.8 Å². The quantitative estimate of drug-likeness (QED) is 0.501. The third-order valence-electron chi connectivity index (χ3n) is 3.96. The Balaban J connectivity index is 1.47. The summed E-state index contributed by atoms with van der Waals surface area (Å²) in [5.74, 6) is -0.0231. The molecule has 1 amide bonds. The van der Waals surface area contributed by atoms with Crippen molar-refractivity contribution in [2.75, 3.05) is 5.32 Å². The molecule has 27 heavy (non-hydrogen) atoms. The van der Waals surface area contributed by atoms with Crippen molar-refractivity contribution in [3.8, 4) is 11.5 Å². The standard InChI is InChI=1S/C20H13Cl2N3O2/c21-16-9-15(10-17(22)11-16)19-24-25-20(27-19)23-18(26)8-12-5-6-13-3-1-2-4-14(13)7-12/h1-7,9-11H,8H2,(H,23,25,26). The number of aromatic nitrogens is 2. The number of hydrogen-bond donors (Lipinski definition) is 1. The summed E-state index contributed by atoms with van der Waals surface area (Å²) in [6.45, 7) is 0. The Hall–Kier alpha value is -2.89. The lowest BCUT2D eigenvalue weighted by molar-refractivity contribution is -0.115. The molecule has 0 aliphatic heterocycles. The predicted octanol–water partition coefficient (Wildman–Crippen LogP) is 5.38. The SMILES string of the molecule is O=C(Cc1ccc2ccccc2c1)Nc1nnc(-c2cc(Cl)cc(Cl)c2)o1. The molecule has 0 atom stereocenters. The molecule has 0 aliphatic carbocycles. The van der Waals surface area contributed by atoms with Crippen molar-refractivity contribution < 1.29 is 9.21 Å². The maximum atomic E-state index is 12.3. The molecule has 1 N–H and O–H groups in total. The lowest BCUT2D eigenvalue weighted by Crippen LogP contribution is -2.14. The van der Waals surface area contributed by atoms with Gasteiger partial charge in [0.15, 0.2) is 0 Å². The summed E-state index contributed by atoms with van der Waals surface area (Å²) >= 11 is 12.0. The average Bonchev–Trinajstić information content (AvgIpc) is 3.09. The van der Waals surface area contributed by atoms with E-state index in [2.05, 4.69) is 15.5 Å². The molecule has 3 aromatic carbocycles. The van der Waals surface area contributed by atoms with Crippen molar-refractivity contribution in [2.24, 2.45) is 0 Å². The van der Waals surface area contributed by atoms with E-state index in [0.717, 1.165) is 16.3 Å². The number of nitrogens with zero attached hydrogens (tertiary/aromatic N) is 2. The van der Waals surface area contributed by atoms with E-state index >= 15 is 0 Å². The van der Waals surface area contributed by atoms with Crippen LogP contribution in [0.4, 0.5) is 6.01 Å². The summed E-state index contributed by atoms with van der Waals surface area (Å²) in [7, 11) is 0. The van der Waals surface area contributed by atoms with Gasteiger partial charge in [0.1, 0.15) is 0 Å². The first-order chi connectivity index (χ1) is 13.1. The number of amides is 1. The minimum absolute atomic E-state index is 0.0203. The van der Waals surface area contributed by atoms with Crippen LogP contribution >= 0.6 is 23.2 Å². The Kier molecular flexibility index (Phi) is 4.79. The number of rotatable bonds is 4. The smallest absolute Gasteiger partial charge is 0.322 e. The fourth-order valence-electron chi connectivity index (χ4n) is 2.77. The van der Waals surface area contributed by atoms with Crippen LogP contribution in [0.5, 0.6) is 0 Å². The Labute approximate surface area is 164 Å². The maximum absolute atomic E-state index is 12.3. The monoisotopic (exact) mass is 397 g/mol. The molecule has 1 heterocycles. The first-order valence-corrected chi connectivity index (χ1v) is 8.90.